The standard InChI is InChI=1S/3C9H8N2.CH3O.2HI/c3*10-8-5-6-11-9-4-2-1-3-7(8)9;1-2;;/h3*1-6H,(H2,10,11);1H3;2*1H/q;;;-1;;/p+1. The van der Waals surface area contributed by atoms with E-state index in [-0.39, 0.29) is 48.0 Å². The number of para-hydroxylation sites is 3. The number of rotatable bonds is 0. The van der Waals surface area contributed by atoms with E-state index in [4.69, 9.17) is 22.3 Å². The zero-order chi connectivity index (χ0) is 25.0. The minimum Gasteiger partial charge on any atom is -1.00 e. The second kappa shape index (κ2) is 16.5. The van der Waals surface area contributed by atoms with Gasteiger partial charge in [0.15, 0.2) is 18.6 Å². The SMILES string of the molecule is C[O-].Nc1cc[nH+]c2ccccc12.Nc1cc[nH+]c2ccccc12.Nc1cc[nH+]c2ccccc12.[I-].[I-]. The van der Waals surface area contributed by atoms with E-state index in [0.29, 0.717) is 0 Å². The number of aromatic nitrogens is 3. The van der Waals surface area contributed by atoms with E-state index in [1.807, 2.05) is 110 Å². The molecule has 37 heavy (non-hydrogen) atoms. The molecule has 0 unspecified atom stereocenters. The minimum absolute atomic E-state index is 0. The van der Waals surface area contributed by atoms with Crippen molar-refractivity contribution in [3.8, 4) is 0 Å². The van der Waals surface area contributed by atoms with Crippen molar-refractivity contribution in [2.24, 2.45) is 0 Å². The number of anilines is 3. The average Bonchev–Trinajstić information content (AvgIpc) is 2.92. The zero-order valence-corrected chi connectivity index (χ0v) is 24.6. The van der Waals surface area contributed by atoms with Crippen molar-refractivity contribution in [2.45, 2.75) is 0 Å². The topological polar surface area (TPSA) is 144 Å². The normalized spacial score (nSPS) is 9.24. The van der Waals surface area contributed by atoms with Gasteiger partial charge in [-0.2, -0.15) is 7.11 Å². The molecule has 192 valence electrons. The van der Waals surface area contributed by atoms with E-state index >= 15 is 0 Å². The second-order valence-electron chi connectivity index (χ2n) is 7.44. The molecule has 0 spiro atoms. The van der Waals surface area contributed by atoms with Crippen molar-refractivity contribution < 1.29 is 68.0 Å². The van der Waals surface area contributed by atoms with Crippen LogP contribution in [0, 0.1) is 0 Å². The Balaban J connectivity index is 0.000000261. The molecule has 0 aliphatic carbocycles. The summed E-state index contributed by atoms with van der Waals surface area (Å²) in [5.74, 6) is 0. The number of nitrogens with two attached hydrogens (primary N) is 3. The molecule has 9 N–H and O–H groups in total. The summed E-state index contributed by atoms with van der Waals surface area (Å²) in [5.41, 5.74) is 22.9. The smallest absolute Gasteiger partial charge is 0.212 e. The van der Waals surface area contributed by atoms with Gasteiger partial charge in [0, 0.05) is 36.4 Å². The van der Waals surface area contributed by atoms with Gasteiger partial charge in [0.1, 0.15) is 0 Å². The third kappa shape index (κ3) is 8.65. The molecule has 0 bridgehead atoms. The number of H-pyrrole nitrogens is 3. The largest absolute Gasteiger partial charge is 1.00 e. The van der Waals surface area contributed by atoms with E-state index in [9.17, 15) is 0 Å². The predicted molar refractivity (Wildman–Crippen MR) is 141 cm³/mol. The van der Waals surface area contributed by atoms with Gasteiger partial charge >= 0.3 is 0 Å². The molecule has 3 aromatic carbocycles. The molecule has 0 saturated heterocycles. The lowest BCUT2D eigenvalue weighted by Crippen LogP contribution is -3.00. The van der Waals surface area contributed by atoms with Crippen molar-refractivity contribution in [3.63, 3.8) is 0 Å². The average molecular weight is 720 g/mol. The third-order valence-corrected chi connectivity index (χ3v) is 5.22. The first-order valence-corrected chi connectivity index (χ1v) is 11.0. The summed E-state index contributed by atoms with van der Waals surface area (Å²) in [6.07, 6.45) is 5.53. The van der Waals surface area contributed by atoms with Crippen molar-refractivity contribution >= 4 is 49.8 Å². The lowest BCUT2D eigenvalue weighted by atomic mass is 10.2. The second-order valence-corrected chi connectivity index (χ2v) is 7.44. The number of aromatic amines is 3. The van der Waals surface area contributed by atoms with Gasteiger partial charge in [-0.15, -0.1) is 0 Å². The number of fused-ring (bicyclic) bond motifs is 3. The molecule has 9 heteroatoms. The van der Waals surface area contributed by atoms with Crippen molar-refractivity contribution in [2.75, 3.05) is 24.3 Å². The Bertz CT molecular complexity index is 1330. The molecule has 0 radical (unpaired) electrons. The Morgan fingerprint density at radius 3 is 0.919 bits per heavy atom. The van der Waals surface area contributed by atoms with Gasteiger partial charge < -0.3 is 70.3 Å². The first kappa shape index (κ1) is 31.7. The number of nitrogen functional groups attached to an aromatic ring is 3. The highest BCUT2D eigenvalue weighted by Crippen LogP contribution is 2.16. The van der Waals surface area contributed by atoms with Gasteiger partial charge in [-0.25, -0.2) is 15.0 Å². The van der Waals surface area contributed by atoms with Crippen LogP contribution in [0.4, 0.5) is 17.1 Å². The van der Waals surface area contributed by atoms with Crippen LogP contribution in [0.3, 0.4) is 0 Å². The molecule has 0 aliphatic heterocycles. The molecule has 6 aromatic rings. The van der Waals surface area contributed by atoms with Crippen LogP contribution in [0.2, 0.25) is 0 Å². The number of benzene rings is 3. The van der Waals surface area contributed by atoms with Crippen molar-refractivity contribution in [3.05, 3.63) is 110 Å². The summed E-state index contributed by atoms with van der Waals surface area (Å²) in [5, 5.41) is 11.5. The molecule has 7 nitrogen and oxygen atoms in total. The fourth-order valence-electron chi connectivity index (χ4n) is 3.52. The van der Waals surface area contributed by atoms with Crippen LogP contribution < -0.4 is 85.2 Å². The number of halogens is 2. The Hall–Kier alpha value is -3.29. The van der Waals surface area contributed by atoms with Crippen LogP contribution in [-0.4, -0.2) is 7.11 Å². The van der Waals surface area contributed by atoms with E-state index in [0.717, 1.165) is 56.9 Å². The Labute approximate surface area is 250 Å². The van der Waals surface area contributed by atoms with Crippen LogP contribution in [0.25, 0.3) is 32.7 Å². The van der Waals surface area contributed by atoms with Crippen LogP contribution in [0.15, 0.2) is 110 Å². The molecule has 0 amide bonds. The maximum atomic E-state index is 8.25. The van der Waals surface area contributed by atoms with E-state index in [1.54, 1.807) is 0 Å². The number of nitrogens with one attached hydrogen (secondary N) is 3. The maximum absolute atomic E-state index is 8.25. The highest BCUT2D eigenvalue weighted by Gasteiger charge is 2.01. The van der Waals surface area contributed by atoms with Gasteiger partial charge in [-0.05, 0) is 18.2 Å². The highest BCUT2D eigenvalue weighted by molar-refractivity contribution is 5.88. The van der Waals surface area contributed by atoms with E-state index in [1.165, 1.54) is 0 Å². The number of hydrogen-bond acceptors (Lipinski definition) is 4. The summed E-state index contributed by atoms with van der Waals surface area (Å²) >= 11 is 0. The Morgan fingerprint density at radius 2 is 0.676 bits per heavy atom. The molecule has 3 aromatic heterocycles. The van der Waals surface area contributed by atoms with Crippen molar-refractivity contribution in [1.82, 2.24) is 0 Å². The fourth-order valence-corrected chi connectivity index (χ4v) is 3.52. The van der Waals surface area contributed by atoms with Gasteiger partial charge in [0.2, 0.25) is 16.6 Å². The lowest BCUT2D eigenvalue weighted by Gasteiger charge is -1.93. The van der Waals surface area contributed by atoms with Gasteiger partial charge in [0.25, 0.3) is 0 Å². The summed E-state index contributed by atoms with van der Waals surface area (Å²) in [4.78, 5) is 9.33. The van der Waals surface area contributed by atoms with Crippen LogP contribution in [0.1, 0.15) is 0 Å². The summed E-state index contributed by atoms with van der Waals surface area (Å²) in [7, 11) is 0.750. The van der Waals surface area contributed by atoms with Crippen molar-refractivity contribution in [1.29, 1.82) is 0 Å². The zero-order valence-electron chi connectivity index (χ0n) is 20.3. The van der Waals surface area contributed by atoms with Crippen LogP contribution in [0.5, 0.6) is 0 Å². The molecule has 0 aliphatic rings. The van der Waals surface area contributed by atoms with Crippen LogP contribution >= 0.6 is 0 Å². The summed E-state index contributed by atoms with van der Waals surface area (Å²) < 4.78 is 0. The van der Waals surface area contributed by atoms with Gasteiger partial charge in [-0.1, -0.05) is 36.4 Å². The van der Waals surface area contributed by atoms with Gasteiger partial charge in [-0.3, -0.25) is 0 Å². The number of hydrogen-bond donors (Lipinski definition) is 3. The molecule has 3 heterocycles. The Morgan fingerprint density at radius 1 is 0.432 bits per heavy atom. The highest BCUT2D eigenvalue weighted by atomic mass is 127. The van der Waals surface area contributed by atoms with E-state index in [2.05, 4.69) is 15.0 Å². The van der Waals surface area contributed by atoms with Crippen LogP contribution in [-0.2, 0) is 0 Å². The lowest BCUT2D eigenvalue weighted by molar-refractivity contribution is -0.344. The summed E-state index contributed by atoms with van der Waals surface area (Å²) in [6, 6.07) is 29.5. The first-order chi connectivity index (χ1) is 17.1. The molecule has 0 fully saturated rings. The molecular formula is C28H30I2N6O. The minimum atomic E-state index is 0. The maximum Gasteiger partial charge on any atom is 0.212 e. The molecule has 6 rings (SSSR count). The molecule has 0 saturated carbocycles. The summed E-state index contributed by atoms with van der Waals surface area (Å²) in [6.45, 7) is 0. The first-order valence-electron chi connectivity index (χ1n) is 11.0. The third-order valence-electron chi connectivity index (χ3n) is 5.22. The fraction of sp³-hybridized carbons (Fsp3) is 0.0357. The monoisotopic (exact) mass is 720 g/mol. The quantitative estimate of drug-likeness (QED) is 0.141. The molecular weight excluding hydrogens is 690 g/mol. The Kier molecular flexibility index (Phi) is 14.1. The number of pyridine rings is 3. The molecule has 0 atom stereocenters. The van der Waals surface area contributed by atoms with E-state index < -0.39 is 0 Å². The predicted octanol–water partition coefficient (Wildman–Crippen LogP) is -3.31. The van der Waals surface area contributed by atoms with Gasteiger partial charge in [0.05, 0.1) is 33.2 Å².